The number of benzene rings is 1. The maximum Gasteiger partial charge on any atom is 0.145 e. The van der Waals surface area contributed by atoms with Crippen LogP contribution in [0.1, 0.15) is 12.2 Å². The molecule has 19 heavy (non-hydrogen) atoms. The predicted molar refractivity (Wildman–Crippen MR) is 74.4 cm³/mol. The number of nitrogens with zero attached hydrogens (tertiary/aromatic N) is 3. The van der Waals surface area contributed by atoms with Gasteiger partial charge in [0.2, 0.25) is 0 Å². The summed E-state index contributed by atoms with van der Waals surface area (Å²) in [4.78, 5) is 11.2. The van der Waals surface area contributed by atoms with Gasteiger partial charge in [0, 0.05) is 18.5 Å². The van der Waals surface area contributed by atoms with Gasteiger partial charge in [-0.15, -0.1) is 0 Å². The lowest BCUT2D eigenvalue weighted by Crippen LogP contribution is -2.22. The van der Waals surface area contributed by atoms with Crippen molar-refractivity contribution in [2.24, 2.45) is 5.92 Å². The highest BCUT2D eigenvalue weighted by atomic mass is 16.3. The third kappa shape index (κ3) is 2.52. The number of aliphatic hydroxyl groups excluding tert-OH is 1. The zero-order valence-electron chi connectivity index (χ0n) is 10.8. The molecular formula is C14H18N4O. The van der Waals surface area contributed by atoms with E-state index in [2.05, 4.69) is 14.9 Å². The Morgan fingerprint density at radius 1 is 1.32 bits per heavy atom. The standard InChI is InChI=1S/C14H18N4O/c15-14-11-3-1-2-4-12(11)16-13(17-14)8-18-6-5-10(7-18)9-19/h1-4,10,19H,5-9H2,(H2,15,16,17). The molecule has 0 radical (unpaired) electrons. The van der Waals surface area contributed by atoms with Crippen LogP contribution in [0.4, 0.5) is 5.82 Å². The van der Waals surface area contributed by atoms with E-state index in [0.717, 1.165) is 36.2 Å². The lowest BCUT2D eigenvalue weighted by atomic mass is 10.1. The summed E-state index contributed by atoms with van der Waals surface area (Å²) >= 11 is 0. The minimum atomic E-state index is 0.261. The summed E-state index contributed by atoms with van der Waals surface area (Å²) in [6.07, 6.45) is 1.04. The first-order valence-electron chi connectivity index (χ1n) is 6.60. The van der Waals surface area contributed by atoms with Crippen molar-refractivity contribution in [1.82, 2.24) is 14.9 Å². The molecule has 2 heterocycles. The fourth-order valence-corrected chi connectivity index (χ4v) is 2.63. The Morgan fingerprint density at radius 2 is 2.16 bits per heavy atom. The lowest BCUT2D eigenvalue weighted by molar-refractivity contribution is 0.219. The first-order valence-corrected chi connectivity index (χ1v) is 6.60. The van der Waals surface area contributed by atoms with Crippen molar-refractivity contribution < 1.29 is 5.11 Å². The van der Waals surface area contributed by atoms with E-state index >= 15 is 0 Å². The van der Waals surface area contributed by atoms with Gasteiger partial charge in [-0.1, -0.05) is 12.1 Å². The number of nitrogen functional groups attached to an aromatic ring is 1. The maximum absolute atomic E-state index is 9.16. The Bertz CT molecular complexity index is 587. The molecule has 0 bridgehead atoms. The van der Waals surface area contributed by atoms with Crippen molar-refractivity contribution in [3.63, 3.8) is 0 Å². The number of hydrogen-bond donors (Lipinski definition) is 2. The molecule has 1 saturated heterocycles. The Labute approximate surface area is 112 Å². The monoisotopic (exact) mass is 258 g/mol. The van der Waals surface area contributed by atoms with Gasteiger partial charge >= 0.3 is 0 Å². The van der Waals surface area contributed by atoms with Gasteiger partial charge in [-0.25, -0.2) is 9.97 Å². The summed E-state index contributed by atoms with van der Waals surface area (Å²) in [6, 6.07) is 7.79. The number of likely N-dealkylation sites (tertiary alicyclic amines) is 1. The predicted octanol–water partition coefficient (Wildman–Crippen LogP) is 1.03. The van der Waals surface area contributed by atoms with Crippen molar-refractivity contribution in [3.8, 4) is 0 Å². The van der Waals surface area contributed by atoms with Crippen LogP contribution in [0.3, 0.4) is 0 Å². The van der Waals surface area contributed by atoms with Gasteiger partial charge in [-0.2, -0.15) is 0 Å². The lowest BCUT2D eigenvalue weighted by Gasteiger charge is -2.15. The molecule has 1 unspecified atom stereocenters. The van der Waals surface area contributed by atoms with Crippen molar-refractivity contribution in [2.45, 2.75) is 13.0 Å². The van der Waals surface area contributed by atoms with Crippen LogP contribution in [0.2, 0.25) is 0 Å². The summed E-state index contributed by atoms with van der Waals surface area (Å²) in [6.45, 7) is 2.86. The molecule has 100 valence electrons. The summed E-state index contributed by atoms with van der Waals surface area (Å²) in [7, 11) is 0. The van der Waals surface area contributed by atoms with Crippen LogP contribution in [0.5, 0.6) is 0 Å². The topological polar surface area (TPSA) is 75.3 Å². The summed E-state index contributed by atoms with van der Waals surface area (Å²) in [5.74, 6) is 1.69. The molecular weight excluding hydrogens is 240 g/mol. The molecule has 3 rings (SSSR count). The van der Waals surface area contributed by atoms with Gasteiger partial charge in [0.05, 0.1) is 12.1 Å². The highest BCUT2D eigenvalue weighted by molar-refractivity contribution is 5.87. The van der Waals surface area contributed by atoms with E-state index in [1.807, 2.05) is 24.3 Å². The zero-order chi connectivity index (χ0) is 13.2. The molecule has 0 saturated carbocycles. The fraction of sp³-hybridized carbons (Fsp3) is 0.429. The minimum absolute atomic E-state index is 0.261. The molecule has 1 aromatic heterocycles. The van der Waals surface area contributed by atoms with Crippen LogP contribution in [0, 0.1) is 5.92 Å². The van der Waals surface area contributed by atoms with Gasteiger partial charge < -0.3 is 10.8 Å². The van der Waals surface area contributed by atoms with Crippen LogP contribution in [-0.4, -0.2) is 39.7 Å². The number of fused-ring (bicyclic) bond motifs is 1. The van der Waals surface area contributed by atoms with Crippen LogP contribution < -0.4 is 5.73 Å². The Morgan fingerprint density at radius 3 is 2.95 bits per heavy atom. The van der Waals surface area contributed by atoms with Crippen molar-refractivity contribution >= 4 is 16.7 Å². The number of rotatable bonds is 3. The van der Waals surface area contributed by atoms with Crippen LogP contribution >= 0.6 is 0 Å². The van der Waals surface area contributed by atoms with E-state index in [9.17, 15) is 0 Å². The number of para-hydroxylation sites is 1. The van der Waals surface area contributed by atoms with E-state index in [0.29, 0.717) is 18.3 Å². The number of aliphatic hydroxyl groups is 1. The Kier molecular flexibility index (Phi) is 3.31. The van der Waals surface area contributed by atoms with E-state index in [1.165, 1.54) is 0 Å². The highest BCUT2D eigenvalue weighted by Crippen LogP contribution is 2.20. The number of aromatic nitrogens is 2. The molecule has 1 atom stereocenters. The molecule has 0 spiro atoms. The summed E-state index contributed by atoms with van der Waals surface area (Å²) in [5, 5.41) is 10.1. The number of hydrogen-bond acceptors (Lipinski definition) is 5. The van der Waals surface area contributed by atoms with Crippen molar-refractivity contribution in [1.29, 1.82) is 0 Å². The number of anilines is 1. The van der Waals surface area contributed by atoms with Gasteiger partial charge in [0.25, 0.3) is 0 Å². The first kappa shape index (κ1) is 12.3. The van der Waals surface area contributed by atoms with Gasteiger partial charge in [-0.05, 0) is 31.0 Å². The SMILES string of the molecule is Nc1nc(CN2CCC(CO)C2)nc2ccccc12. The molecule has 1 aliphatic rings. The molecule has 2 aromatic rings. The molecule has 0 aliphatic carbocycles. The zero-order valence-corrected chi connectivity index (χ0v) is 10.8. The van der Waals surface area contributed by atoms with E-state index in [4.69, 9.17) is 10.8 Å². The smallest absolute Gasteiger partial charge is 0.145 e. The molecule has 0 amide bonds. The minimum Gasteiger partial charge on any atom is -0.396 e. The Balaban J connectivity index is 1.82. The molecule has 1 fully saturated rings. The van der Waals surface area contributed by atoms with E-state index < -0.39 is 0 Å². The normalized spacial score (nSPS) is 20.2. The second kappa shape index (κ2) is 5.11. The van der Waals surface area contributed by atoms with Crippen molar-refractivity contribution in [3.05, 3.63) is 30.1 Å². The second-order valence-electron chi connectivity index (χ2n) is 5.11. The average Bonchev–Trinajstić information content (AvgIpc) is 2.86. The van der Waals surface area contributed by atoms with Crippen LogP contribution in [-0.2, 0) is 6.54 Å². The third-order valence-electron chi connectivity index (χ3n) is 3.67. The number of nitrogens with two attached hydrogens (primary N) is 1. The van der Waals surface area contributed by atoms with Gasteiger partial charge in [0.1, 0.15) is 11.6 Å². The van der Waals surface area contributed by atoms with Gasteiger partial charge in [-0.3, -0.25) is 4.90 Å². The quantitative estimate of drug-likeness (QED) is 0.860. The second-order valence-corrected chi connectivity index (χ2v) is 5.11. The summed E-state index contributed by atoms with van der Waals surface area (Å²) in [5.41, 5.74) is 6.87. The summed E-state index contributed by atoms with van der Waals surface area (Å²) < 4.78 is 0. The molecule has 3 N–H and O–H groups in total. The molecule has 1 aliphatic heterocycles. The van der Waals surface area contributed by atoms with Crippen LogP contribution in [0.25, 0.3) is 10.9 Å². The molecule has 5 nitrogen and oxygen atoms in total. The molecule has 1 aromatic carbocycles. The van der Waals surface area contributed by atoms with Crippen LogP contribution in [0.15, 0.2) is 24.3 Å². The maximum atomic E-state index is 9.16. The van der Waals surface area contributed by atoms with Crippen molar-refractivity contribution in [2.75, 3.05) is 25.4 Å². The fourth-order valence-electron chi connectivity index (χ4n) is 2.63. The third-order valence-corrected chi connectivity index (χ3v) is 3.67. The average molecular weight is 258 g/mol. The van der Waals surface area contributed by atoms with Gasteiger partial charge in [0.15, 0.2) is 0 Å². The Hall–Kier alpha value is -1.72. The van der Waals surface area contributed by atoms with E-state index in [-0.39, 0.29) is 6.61 Å². The van der Waals surface area contributed by atoms with E-state index in [1.54, 1.807) is 0 Å². The largest absolute Gasteiger partial charge is 0.396 e. The first-order chi connectivity index (χ1) is 9.26. The molecule has 5 heteroatoms. The highest BCUT2D eigenvalue weighted by Gasteiger charge is 2.22.